The summed E-state index contributed by atoms with van der Waals surface area (Å²) in [6.07, 6.45) is -3.58. The molecule has 0 fully saturated rings. The number of primary amides is 1. The van der Waals surface area contributed by atoms with Crippen LogP contribution >= 0.6 is 0 Å². The molecule has 2 aromatic rings. The van der Waals surface area contributed by atoms with E-state index in [1.54, 1.807) is 12.1 Å². The Morgan fingerprint density at radius 3 is 2.19 bits per heavy atom. The first-order valence-corrected chi connectivity index (χ1v) is 11.6. The lowest BCUT2D eigenvalue weighted by atomic mass is 10.00. The number of hydrogen-bond donors (Lipinski definition) is 2. The van der Waals surface area contributed by atoms with Crippen molar-refractivity contribution in [3.63, 3.8) is 0 Å². The minimum Gasteiger partial charge on any atom is -0.370 e. The van der Waals surface area contributed by atoms with Gasteiger partial charge >= 0.3 is 6.18 Å². The molecule has 0 atom stereocenters. The zero-order valence-corrected chi connectivity index (χ0v) is 20.4. The van der Waals surface area contributed by atoms with Crippen LogP contribution in [0.1, 0.15) is 61.3 Å². The van der Waals surface area contributed by atoms with Crippen LogP contribution in [0.15, 0.2) is 42.1 Å². The minimum atomic E-state index is -4.62. The molecule has 0 aromatic heterocycles. The van der Waals surface area contributed by atoms with Gasteiger partial charge in [0.2, 0.25) is 11.8 Å². The number of alkyl halides is 3. The van der Waals surface area contributed by atoms with Crippen LogP contribution in [0.25, 0.3) is 5.57 Å². The van der Waals surface area contributed by atoms with E-state index in [4.69, 9.17) is 11.6 Å². The molecule has 36 heavy (non-hydrogen) atoms. The zero-order chi connectivity index (χ0) is 26.8. The highest BCUT2D eigenvalue weighted by Crippen LogP contribution is 2.46. The van der Waals surface area contributed by atoms with Gasteiger partial charge in [0.15, 0.2) is 0 Å². The van der Waals surface area contributed by atoms with Crippen molar-refractivity contribution in [1.82, 2.24) is 5.01 Å². The summed E-state index contributed by atoms with van der Waals surface area (Å²) in [4.78, 5) is 39.0. The molecule has 192 valence electrons. The summed E-state index contributed by atoms with van der Waals surface area (Å²) in [6, 6.07) is 8.39. The van der Waals surface area contributed by atoms with Crippen molar-refractivity contribution in [1.29, 1.82) is 0 Å². The Morgan fingerprint density at radius 1 is 1.00 bits per heavy atom. The van der Waals surface area contributed by atoms with Crippen molar-refractivity contribution in [3.05, 3.63) is 64.3 Å². The number of fused-ring (bicyclic) bond motifs is 1. The Balaban J connectivity index is 2.25. The highest BCUT2D eigenvalue weighted by molar-refractivity contribution is 6.35. The molecule has 1 aliphatic heterocycles. The second-order valence-electron chi connectivity index (χ2n) is 8.87. The Morgan fingerprint density at radius 2 is 1.64 bits per heavy atom. The lowest BCUT2D eigenvalue weighted by molar-refractivity contribution is -0.137. The second kappa shape index (κ2) is 10.5. The molecule has 10 heteroatoms. The van der Waals surface area contributed by atoms with E-state index in [-0.39, 0.29) is 41.8 Å². The van der Waals surface area contributed by atoms with E-state index in [9.17, 15) is 27.6 Å². The molecule has 0 aliphatic carbocycles. The van der Waals surface area contributed by atoms with Crippen LogP contribution in [-0.2, 0) is 20.6 Å². The largest absolute Gasteiger partial charge is 0.416 e. The number of hydrazine groups is 1. The Kier molecular flexibility index (Phi) is 7.88. The molecule has 4 N–H and O–H groups in total. The standard InChI is InChI=1S/C26H29F3N4O3/c1-4-5-6-20(33(31)23(35)10-9-22(30)34)24-19-8-7-17(26(27,28)29)14-21(19)32(25(24)36)18-12-15(2)11-16(3)13-18/h7-8,11-14H,4-6,9-10,31H2,1-3H3,(H2,30,34)/b24-20-. The maximum Gasteiger partial charge on any atom is 0.416 e. The predicted octanol–water partition coefficient (Wildman–Crippen LogP) is 4.87. The number of carbonyl (C=O) groups is 3. The average Bonchev–Trinajstić information content (AvgIpc) is 3.07. The lowest BCUT2D eigenvalue weighted by Gasteiger charge is -2.23. The second-order valence-corrected chi connectivity index (χ2v) is 8.87. The number of unbranched alkanes of at least 4 members (excludes halogenated alkanes) is 1. The maximum atomic E-state index is 13.9. The van der Waals surface area contributed by atoms with E-state index < -0.39 is 29.5 Å². The Hall–Kier alpha value is -3.66. The first kappa shape index (κ1) is 26.9. The van der Waals surface area contributed by atoms with E-state index in [0.717, 1.165) is 34.7 Å². The van der Waals surface area contributed by atoms with Crippen LogP contribution < -0.4 is 16.5 Å². The molecule has 1 aliphatic rings. The SMILES string of the molecule is CCCC/C(=C1/C(=O)N(c2cc(C)cc(C)c2)c2cc(C(F)(F)F)ccc21)N(N)C(=O)CCC(N)=O. The summed E-state index contributed by atoms with van der Waals surface area (Å²) in [5.74, 6) is 4.25. The predicted molar refractivity (Wildman–Crippen MR) is 130 cm³/mol. The van der Waals surface area contributed by atoms with Crippen LogP contribution in [0, 0.1) is 13.8 Å². The number of anilines is 2. The quantitative estimate of drug-likeness (QED) is 0.232. The number of benzene rings is 2. The van der Waals surface area contributed by atoms with Crippen molar-refractivity contribution in [2.75, 3.05) is 4.90 Å². The van der Waals surface area contributed by atoms with E-state index in [1.165, 1.54) is 11.0 Å². The van der Waals surface area contributed by atoms with Gasteiger partial charge in [-0.3, -0.25) is 24.3 Å². The van der Waals surface area contributed by atoms with Crippen LogP contribution in [0.3, 0.4) is 0 Å². The number of hydrogen-bond acceptors (Lipinski definition) is 4. The fraction of sp³-hybridized carbons (Fsp3) is 0.346. The van der Waals surface area contributed by atoms with E-state index in [1.807, 2.05) is 26.8 Å². The Labute approximate surface area is 207 Å². The molecular formula is C26H29F3N4O3. The number of allylic oxidation sites excluding steroid dienone is 1. The number of rotatable bonds is 8. The molecule has 0 unspecified atom stereocenters. The first-order chi connectivity index (χ1) is 16.8. The summed E-state index contributed by atoms with van der Waals surface area (Å²) in [7, 11) is 0. The van der Waals surface area contributed by atoms with Gasteiger partial charge in [0, 0.05) is 24.1 Å². The molecule has 0 saturated carbocycles. The number of carbonyl (C=O) groups excluding carboxylic acids is 3. The van der Waals surface area contributed by atoms with Gasteiger partial charge in [-0.1, -0.05) is 25.5 Å². The van der Waals surface area contributed by atoms with Crippen LogP contribution in [0.2, 0.25) is 0 Å². The number of nitrogens with zero attached hydrogens (tertiary/aromatic N) is 2. The molecule has 0 spiro atoms. The van der Waals surface area contributed by atoms with Gasteiger partial charge in [-0.25, -0.2) is 5.84 Å². The third-order valence-electron chi connectivity index (χ3n) is 5.92. The van der Waals surface area contributed by atoms with Crippen LogP contribution in [0.5, 0.6) is 0 Å². The first-order valence-electron chi connectivity index (χ1n) is 11.6. The zero-order valence-electron chi connectivity index (χ0n) is 20.4. The average molecular weight is 503 g/mol. The van der Waals surface area contributed by atoms with Gasteiger partial charge in [-0.2, -0.15) is 13.2 Å². The Bertz CT molecular complexity index is 1220. The van der Waals surface area contributed by atoms with Gasteiger partial charge in [0.05, 0.1) is 22.5 Å². The molecule has 2 aromatic carbocycles. The van der Waals surface area contributed by atoms with Gasteiger partial charge < -0.3 is 5.73 Å². The molecule has 0 radical (unpaired) electrons. The number of halogens is 3. The van der Waals surface area contributed by atoms with E-state index in [0.29, 0.717) is 12.1 Å². The fourth-order valence-corrected chi connectivity index (χ4v) is 4.27. The monoisotopic (exact) mass is 502 g/mol. The summed E-state index contributed by atoms with van der Waals surface area (Å²) in [5.41, 5.74) is 6.86. The summed E-state index contributed by atoms with van der Waals surface area (Å²) >= 11 is 0. The van der Waals surface area contributed by atoms with Crippen molar-refractivity contribution >= 4 is 34.7 Å². The highest BCUT2D eigenvalue weighted by atomic mass is 19.4. The topological polar surface area (TPSA) is 110 Å². The molecule has 7 nitrogen and oxygen atoms in total. The fourth-order valence-electron chi connectivity index (χ4n) is 4.27. The van der Waals surface area contributed by atoms with Crippen molar-refractivity contribution in [2.24, 2.45) is 11.6 Å². The van der Waals surface area contributed by atoms with Gasteiger partial charge in [0.25, 0.3) is 5.91 Å². The van der Waals surface area contributed by atoms with Gasteiger partial charge in [-0.05, 0) is 62.1 Å². The van der Waals surface area contributed by atoms with E-state index in [2.05, 4.69) is 0 Å². The van der Waals surface area contributed by atoms with E-state index >= 15 is 0 Å². The van der Waals surface area contributed by atoms with Crippen molar-refractivity contribution in [2.45, 2.75) is 59.1 Å². The molecule has 3 rings (SSSR count). The number of aryl methyl sites for hydroxylation is 2. The molecule has 0 saturated heterocycles. The molecule has 0 bridgehead atoms. The third-order valence-corrected chi connectivity index (χ3v) is 5.92. The van der Waals surface area contributed by atoms with Crippen LogP contribution in [-0.4, -0.2) is 22.7 Å². The van der Waals surface area contributed by atoms with Gasteiger partial charge in [0.1, 0.15) is 0 Å². The van der Waals surface area contributed by atoms with Crippen molar-refractivity contribution < 1.29 is 27.6 Å². The smallest absolute Gasteiger partial charge is 0.370 e. The number of nitrogens with two attached hydrogens (primary N) is 2. The molecule has 1 heterocycles. The molecular weight excluding hydrogens is 473 g/mol. The number of amides is 3. The van der Waals surface area contributed by atoms with Crippen LogP contribution in [0.4, 0.5) is 24.5 Å². The van der Waals surface area contributed by atoms with Gasteiger partial charge in [-0.15, -0.1) is 0 Å². The summed E-state index contributed by atoms with van der Waals surface area (Å²) in [6.45, 7) is 5.57. The lowest BCUT2D eigenvalue weighted by Crippen LogP contribution is -2.38. The third kappa shape index (κ3) is 5.59. The highest BCUT2D eigenvalue weighted by Gasteiger charge is 2.40. The minimum absolute atomic E-state index is 0.0567. The summed E-state index contributed by atoms with van der Waals surface area (Å²) < 4.78 is 40.8. The van der Waals surface area contributed by atoms with Crippen molar-refractivity contribution in [3.8, 4) is 0 Å². The normalized spacial score (nSPS) is 14.6. The molecule has 3 amide bonds. The summed E-state index contributed by atoms with van der Waals surface area (Å²) in [5, 5.41) is 0.832. The maximum absolute atomic E-state index is 13.9.